The summed E-state index contributed by atoms with van der Waals surface area (Å²) in [4.78, 5) is 5.47. The van der Waals surface area contributed by atoms with Crippen molar-refractivity contribution in [3.63, 3.8) is 0 Å². The number of piperazine rings is 1. The van der Waals surface area contributed by atoms with Crippen LogP contribution in [0.1, 0.15) is 58.8 Å². The Balaban J connectivity index is 1.99. The molecule has 2 aliphatic rings. The number of hydrogen-bond donors (Lipinski definition) is 0. The molecule has 1 atom stereocenters. The highest BCUT2D eigenvalue weighted by Gasteiger charge is 2.31. The molecule has 1 saturated carbocycles. The summed E-state index contributed by atoms with van der Waals surface area (Å²) in [5.74, 6) is 0.909. The summed E-state index contributed by atoms with van der Waals surface area (Å²) in [6, 6.07) is 0.753. The van der Waals surface area contributed by atoms with Crippen LogP contribution in [0.25, 0.3) is 0 Å². The van der Waals surface area contributed by atoms with Crippen LogP contribution >= 0.6 is 11.8 Å². The minimum atomic E-state index is 0.753. The predicted molar refractivity (Wildman–Crippen MR) is 96.4 cm³/mol. The van der Waals surface area contributed by atoms with Crippen LogP contribution in [-0.2, 0) is 0 Å². The van der Waals surface area contributed by atoms with Gasteiger partial charge in [0.1, 0.15) is 0 Å². The van der Waals surface area contributed by atoms with Gasteiger partial charge in [-0.05, 0) is 56.5 Å². The Morgan fingerprint density at radius 3 is 2.09 bits per heavy atom. The predicted octanol–water partition coefficient (Wildman–Crippen LogP) is 3.83. The zero-order chi connectivity index (χ0) is 15.8. The minimum absolute atomic E-state index is 0.753. The SMILES string of the molecule is CCCN(CCC)CC(C1CCCCC1)N1CCN(Cl)CC1. The van der Waals surface area contributed by atoms with Crippen molar-refractivity contribution in [3.8, 4) is 0 Å². The number of nitrogens with zero attached hydrogens (tertiary/aromatic N) is 3. The van der Waals surface area contributed by atoms with Gasteiger partial charge < -0.3 is 4.90 Å². The first-order chi connectivity index (χ1) is 10.7. The molecule has 2 fully saturated rings. The van der Waals surface area contributed by atoms with Gasteiger partial charge in [-0.15, -0.1) is 0 Å². The van der Waals surface area contributed by atoms with Crippen molar-refractivity contribution in [2.24, 2.45) is 5.92 Å². The van der Waals surface area contributed by atoms with Crippen molar-refractivity contribution >= 4 is 11.8 Å². The molecule has 0 N–H and O–H groups in total. The molecule has 1 heterocycles. The molecule has 0 spiro atoms. The maximum Gasteiger partial charge on any atom is 0.0267 e. The Morgan fingerprint density at radius 1 is 0.955 bits per heavy atom. The van der Waals surface area contributed by atoms with Gasteiger partial charge in [0.2, 0.25) is 0 Å². The number of hydrogen-bond acceptors (Lipinski definition) is 3. The van der Waals surface area contributed by atoms with Crippen LogP contribution in [0.4, 0.5) is 0 Å². The first-order valence-electron chi connectivity index (χ1n) is 9.61. The molecule has 1 aliphatic heterocycles. The Labute approximate surface area is 143 Å². The Hall–Kier alpha value is 0.170. The van der Waals surface area contributed by atoms with Gasteiger partial charge in [0.25, 0.3) is 0 Å². The molecular weight excluding hydrogens is 294 g/mol. The summed E-state index contributed by atoms with van der Waals surface area (Å²) in [6.45, 7) is 12.7. The van der Waals surface area contributed by atoms with Crippen molar-refractivity contribution < 1.29 is 0 Å². The second kappa shape index (κ2) is 10.1. The molecule has 3 nitrogen and oxygen atoms in total. The van der Waals surface area contributed by atoms with Gasteiger partial charge in [0.05, 0.1) is 0 Å². The van der Waals surface area contributed by atoms with Gasteiger partial charge in [-0.1, -0.05) is 33.1 Å². The Morgan fingerprint density at radius 2 is 1.55 bits per heavy atom. The average molecular weight is 330 g/mol. The van der Waals surface area contributed by atoms with Crippen LogP contribution in [0.3, 0.4) is 0 Å². The Bertz CT molecular complexity index is 280. The molecule has 2 rings (SSSR count). The molecule has 0 bridgehead atoms. The zero-order valence-electron chi connectivity index (χ0n) is 14.8. The molecule has 4 heteroatoms. The average Bonchev–Trinajstić information content (AvgIpc) is 2.55. The second-order valence-electron chi connectivity index (χ2n) is 7.21. The molecule has 0 aromatic heterocycles. The van der Waals surface area contributed by atoms with E-state index in [1.807, 2.05) is 4.42 Å². The highest BCUT2D eigenvalue weighted by atomic mass is 35.5. The lowest BCUT2D eigenvalue weighted by molar-refractivity contribution is 0.0551. The van der Waals surface area contributed by atoms with E-state index in [4.69, 9.17) is 11.8 Å². The van der Waals surface area contributed by atoms with E-state index in [0.29, 0.717) is 0 Å². The molecule has 1 aliphatic carbocycles. The van der Waals surface area contributed by atoms with Crippen molar-refractivity contribution in [1.29, 1.82) is 0 Å². The van der Waals surface area contributed by atoms with Crippen LogP contribution < -0.4 is 0 Å². The molecule has 22 heavy (non-hydrogen) atoms. The minimum Gasteiger partial charge on any atom is -0.302 e. The quantitative estimate of drug-likeness (QED) is 0.627. The molecular formula is C18H36ClN3. The first-order valence-corrected chi connectivity index (χ1v) is 9.95. The second-order valence-corrected chi connectivity index (χ2v) is 7.69. The van der Waals surface area contributed by atoms with E-state index in [2.05, 4.69) is 23.6 Å². The highest BCUT2D eigenvalue weighted by molar-refractivity contribution is 6.13. The monoisotopic (exact) mass is 329 g/mol. The third-order valence-corrected chi connectivity index (χ3v) is 5.79. The third-order valence-electron chi connectivity index (χ3n) is 5.45. The lowest BCUT2D eigenvalue weighted by Gasteiger charge is -2.44. The Kier molecular flexibility index (Phi) is 8.52. The fourth-order valence-electron chi connectivity index (χ4n) is 4.30. The maximum absolute atomic E-state index is 6.17. The summed E-state index contributed by atoms with van der Waals surface area (Å²) in [5, 5.41) is 0. The smallest absolute Gasteiger partial charge is 0.0267 e. The van der Waals surface area contributed by atoms with E-state index in [1.165, 1.54) is 64.6 Å². The van der Waals surface area contributed by atoms with Crippen molar-refractivity contribution in [1.82, 2.24) is 14.2 Å². The van der Waals surface area contributed by atoms with E-state index >= 15 is 0 Å². The van der Waals surface area contributed by atoms with Gasteiger partial charge in [-0.25, -0.2) is 4.42 Å². The summed E-state index contributed by atoms with van der Waals surface area (Å²) in [6.07, 6.45) is 9.76. The van der Waals surface area contributed by atoms with Crippen molar-refractivity contribution in [3.05, 3.63) is 0 Å². The summed E-state index contributed by atoms with van der Waals surface area (Å²) >= 11 is 6.17. The van der Waals surface area contributed by atoms with E-state index in [0.717, 1.165) is 38.1 Å². The van der Waals surface area contributed by atoms with Gasteiger partial charge >= 0.3 is 0 Å². The molecule has 1 unspecified atom stereocenters. The molecule has 0 amide bonds. The van der Waals surface area contributed by atoms with Crippen molar-refractivity contribution in [2.45, 2.75) is 64.8 Å². The van der Waals surface area contributed by atoms with E-state index in [1.54, 1.807) is 0 Å². The summed E-state index contributed by atoms with van der Waals surface area (Å²) < 4.78 is 1.96. The van der Waals surface area contributed by atoms with E-state index < -0.39 is 0 Å². The van der Waals surface area contributed by atoms with E-state index in [9.17, 15) is 0 Å². The molecule has 130 valence electrons. The van der Waals surface area contributed by atoms with Gasteiger partial charge in [0, 0.05) is 38.8 Å². The summed E-state index contributed by atoms with van der Waals surface area (Å²) in [7, 11) is 0. The van der Waals surface area contributed by atoms with Crippen LogP contribution in [-0.4, -0.2) is 66.1 Å². The van der Waals surface area contributed by atoms with Gasteiger partial charge in [-0.2, -0.15) is 0 Å². The lowest BCUT2D eigenvalue weighted by Crippen LogP contribution is -2.54. The topological polar surface area (TPSA) is 9.72 Å². The van der Waals surface area contributed by atoms with Crippen LogP contribution in [0.15, 0.2) is 0 Å². The standard InChI is InChI=1S/C18H36ClN3/c1-3-10-20(11-4-2)16-18(17-8-6-5-7-9-17)21-12-14-22(19)15-13-21/h17-18H,3-16H2,1-2H3. The molecule has 0 aromatic rings. The van der Waals surface area contributed by atoms with Crippen LogP contribution in [0, 0.1) is 5.92 Å². The fourth-order valence-corrected chi connectivity index (χ4v) is 4.45. The van der Waals surface area contributed by atoms with Crippen LogP contribution in [0.5, 0.6) is 0 Å². The normalized spacial score (nSPS) is 24.0. The first kappa shape index (κ1) is 18.5. The number of rotatable bonds is 8. The van der Waals surface area contributed by atoms with Crippen LogP contribution in [0.2, 0.25) is 0 Å². The van der Waals surface area contributed by atoms with E-state index in [-0.39, 0.29) is 0 Å². The zero-order valence-corrected chi connectivity index (χ0v) is 15.5. The van der Waals surface area contributed by atoms with Gasteiger partial charge in [0.15, 0.2) is 0 Å². The largest absolute Gasteiger partial charge is 0.302 e. The third kappa shape index (κ3) is 5.67. The van der Waals surface area contributed by atoms with Crippen molar-refractivity contribution in [2.75, 3.05) is 45.8 Å². The maximum atomic E-state index is 6.17. The lowest BCUT2D eigenvalue weighted by atomic mass is 9.82. The molecule has 0 radical (unpaired) electrons. The number of halogens is 1. The molecule has 0 aromatic carbocycles. The highest BCUT2D eigenvalue weighted by Crippen LogP contribution is 2.30. The van der Waals surface area contributed by atoms with Gasteiger partial charge in [-0.3, -0.25) is 4.90 Å². The fraction of sp³-hybridized carbons (Fsp3) is 1.00. The molecule has 1 saturated heterocycles. The summed E-state index contributed by atoms with van der Waals surface area (Å²) in [5.41, 5.74) is 0.